The normalized spacial score (nSPS) is 12.4. The Morgan fingerprint density at radius 3 is 2.80 bits per heavy atom. The quantitative estimate of drug-likeness (QED) is 0.737. The van der Waals surface area contributed by atoms with E-state index in [1.807, 2.05) is 23.7 Å². The zero-order valence-electron chi connectivity index (χ0n) is 11.2. The van der Waals surface area contributed by atoms with Gasteiger partial charge in [-0.2, -0.15) is 0 Å². The Balaban J connectivity index is 1.62. The molecule has 0 radical (unpaired) electrons. The lowest BCUT2D eigenvalue weighted by Gasteiger charge is -2.12. The van der Waals surface area contributed by atoms with Gasteiger partial charge < -0.3 is 5.32 Å². The van der Waals surface area contributed by atoms with E-state index in [0.29, 0.717) is 6.04 Å². The highest BCUT2D eigenvalue weighted by molar-refractivity contribution is 7.14. The second-order valence-corrected chi connectivity index (χ2v) is 6.61. The maximum absolute atomic E-state index is 4.05. The van der Waals surface area contributed by atoms with Gasteiger partial charge in [0.1, 0.15) is 0 Å². The van der Waals surface area contributed by atoms with Crippen molar-refractivity contribution in [3.63, 3.8) is 0 Å². The third-order valence-corrected chi connectivity index (χ3v) is 5.10. The topological polar surface area (TPSA) is 24.9 Å². The van der Waals surface area contributed by atoms with Crippen LogP contribution in [0.4, 0.5) is 0 Å². The molecule has 1 unspecified atom stereocenters. The van der Waals surface area contributed by atoms with Gasteiger partial charge in [-0.05, 0) is 47.5 Å². The minimum Gasteiger partial charge on any atom is -0.305 e. The Hall–Kier alpha value is -1.49. The molecule has 3 heterocycles. The van der Waals surface area contributed by atoms with E-state index in [0.717, 1.165) is 6.54 Å². The summed E-state index contributed by atoms with van der Waals surface area (Å²) in [5.74, 6) is 0. The lowest BCUT2D eigenvalue weighted by atomic mass is 10.1. The van der Waals surface area contributed by atoms with Crippen molar-refractivity contribution in [1.29, 1.82) is 0 Å². The van der Waals surface area contributed by atoms with E-state index < -0.39 is 0 Å². The molecule has 3 aromatic rings. The summed E-state index contributed by atoms with van der Waals surface area (Å²) in [6.45, 7) is 3.09. The summed E-state index contributed by atoms with van der Waals surface area (Å²) >= 11 is 3.61. The molecule has 0 saturated carbocycles. The molecule has 4 heteroatoms. The predicted molar refractivity (Wildman–Crippen MR) is 87.1 cm³/mol. The van der Waals surface area contributed by atoms with E-state index in [1.54, 1.807) is 11.3 Å². The highest BCUT2D eigenvalue weighted by atomic mass is 32.1. The van der Waals surface area contributed by atoms with Gasteiger partial charge in [-0.15, -0.1) is 22.7 Å². The van der Waals surface area contributed by atoms with E-state index in [2.05, 4.69) is 58.3 Å². The van der Waals surface area contributed by atoms with Gasteiger partial charge in [0, 0.05) is 40.3 Å². The van der Waals surface area contributed by atoms with Gasteiger partial charge >= 0.3 is 0 Å². The maximum atomic E-state index is 4.05. The molecule has 1 atom stereocenters. The van der Waals surface area contributed by atoms with E-state index in [-0.39, 0.29) is 0 Å². The molecule has 2 nitrogen and oxygen atoms in total. The van der Waals surface area contributed by atoms with Crippen molar-refractivity contribution in [2.75, 3.05) is 0 Å². The molecule has 0 bridgehead atoms. The van der Waals surface area contributed by atoms with Crippen molar-refractivity contribution in [2.24, 2.45) is 0 Å². The molecule has 0 fully saturated rings. The van der Waals surface area contributed by atoms with E-state index in [4.69, 9.17) is 0 Å². The lowest BCUT2D eigenvalue weighted by molar-refractivity contribution is 0.578. The van der Waals surface area contributed by atoms with E-state index in [9.17, 15) is 0 Å². The summed E-state index contributed by atoms with van der Waals surface area (Å²) in [4.78, 5) is 6.77. The van der Waals surface area contributed by atoms with Crippen molar-refractivity contribution in [2.45, 2.75) is 19.5 Å². The molecule has 0 saturated heterocycles. The van der Waals surface area contributed by atoms with Crippen LogP contribution in [0.25, 0.3) is 10.4 Å². The number of hydrogen-bond acceptors (Lipinski definition) is 4. The third kappa shape index (κ3) is 3.15. The molecule has 0 aliphatic heterocycles. The van der Waals surface area contributed by atoms with Gasteiger partial charge in [0.15, 0.2) is 0 Å². The Morgan fingerprint density at radius 2 is 2.05 bits per heavy atom. The van der Waals surface area contributed by atoms with Crippen LogP contribution in [0.15, 0.2) is 53.5 Å². The zero-order chi connectivity index (χ0) is 13.8. The first kappa shape index (κ1) is 13.5. The van der Waals surface area contributed by atoms with Crippen molar-refractivity contribution < 1.29 is 0 Å². The first-order chi connectivity index (χ1) is 9.83. The van der Waals surface area contributed by atoms with Gasteiger partial charge in [0.25, 0.3) is 0 Å². The number of thiophene rings is 2. The molecular formula is C16H16N2S2. The summed E-state index contributed by atoms with van der Waals surface area (Å²) in [6, 6.07) is 11.0. The van der Waals surface area contributed by atoms with Gasteiger partial charge in [-0.3, -0.25) is 4.98 Å². The Morgan fingerprint density at radius 1 is 1.20 bits per heavy atom. The van der Waals surface area contributed by atoms with Crippen LogP contribution in [0.1, 0.15) is 23.4 Å². The number of nitrogens with zero attached hydrogens (tertiary/aromatic N) is 1. The van der Waals surface area contributed by atoms with Crippen molar-refractivity contribution in [3.05, 3.63) is 63.9 Å². The monoisotopic (exact) mass is 300 g/mol. The molecule has 3 aromatic heterocycles. The van der Waals surface area contributed by atoms with Crippen LogP contribution in [0.5, 0.6) is 0 Å². The van der Waals surface area contributed by atoms with Crippen LogP contribution in [0.2, 0.25) is 0 Å². The lowest BCUT2D eigenvalue weighted by Crippen LogP contribution is -2.17. The van der Waals surface area contributed by atoms with Gasteiger partial charge in [-0.1, -0.05) is 6.07 Å². The summed E-state index contributed by atoms with van der Waals surface area (Å²) < 4.78 is 0. The molecular weight excluding hydrogens is 284 g/mol. The third-order valence-electron chi connectivity index (χ3n) is 3.25. The van der Waals surface area contributed by atoms with Crippen LogP contribution >= 0.6 is 22.7 Å². The van der Waals surface area contributed by atoms with Gasteiger partial charge in [-0.25, -0.2) is 0 Å². The molecule has 102 valence electrons. The Labute approximate surface area is 127 Å². The summed E-state index contributed by atoms with van der Waals surface area (Å²) in [6.07, 6.45) is 3.68. The summed E-state index contributed by atoms with van der Waals surface area (Å²) in [7, 11) is 0. The molecule has 0 aliphatic carbocycles. The fourth-order valence-electron chi connectivity index (χ4n) is 2.07. The fourth-order valence-corrected chi connectivity index (χ4v) is 3.69. The molecule has 0 aliphatic rings. The molecule has 0 aromatic carbocycles. The molecule has 3 rings (SSSR count). The number of aromatic nitrogens is 1. The van der Waals surface area contributed by atoms with Crippen molar-refractivity contribution in [1.82, 2.24) is 10.3 Å². The Bertz CT molecular complexity index is 644. The number of nitrogens with one attached hydrogen (secondary N) is 1. The number of pyridine rings is 1. The maximum Gasteiger partial charge on any atom is 0.0351 e. The SMILES string of the molecule is CC(NCc1cc(-c2cccs2)cs1)c1ccncc1. The fraction of sp³-hybridized carbons (Fsp3) is 0.188. The first-order valence-corrected chi connectivity index (χ1v) is 8.33. The van der Waals surface area contributed by atoms with Crippen LogP contribution in [0, 0.1) is 0 Å². The standard InChI is InChI=1S/C16H16N2S2/c1-12(13-4-6-17-7-5-13)18-10-15-9-14(11-20-15)16-3-2-8-19-16/h2-9,11-12,18H,10H2,1H3. The second-order valence-electron chi connectivity index (χ2n) is 4.66. The Kier molecular flexibility index (Phi) is 4.25. The highest BCUT2D eigenvalue weighted by Gasteiger charge is 2.07. The number of hydrogen-bond donors (Lipinski definition) is 1. The highest BCUT2D eigenvalue weighted by Crippen LogP contribution is 2.29. The molecule has 0 amide bonds. The smallest absolute Gasteiger partial charge is 0.0351 e. The largest absolute Gasteiger partial charge is 0.305 e. The van der Waals surface area contributed by atoms with Crippen LogP contribution in [-0.2, 0) is 6.54 Å². The van der Waals surface area contributed by atoms with Crippen LogP contribution < -0.4 is 5.32 Å². The molecule has 20 heavy (non-hydrogen) atoms. The van der Waals surface area contributed by atoms with Crippen LogP contribution in [0.3, 0.4) is 0 Å². The zero-order valence-corrected chi connectivity index (χ0v) is 12.9. The second kappa shape index (κ2) is 6.31. The summed E-state index contributed by atoms with van der Waals surface area (Å²) in [5.41, 5.74) is 2.61. The van der Waals surface area contributed by atoms with E-state index >= 15 is 0 Å². The minimum atomic E-state index is 0.338. The van der Waals surface area contributed by atoms with Crippen molar-refractivity contribution >= 4 is 22.7 Å². The van der Waals surface area contributed by atoms with Crippen LogP contribution in [-0.4, -0.2) is 4.98 Å². The minimum absolute atomic E-state index is 0.338. The van der Waals surface area contributed by atoms with Gasteiger partial charge in [0.05, 0.1) is 0 Å². The number of rotatable bonds is 5. The van der Waals surface area contributed by atoms with Crippen molar-refractivity contribution in [3.8, 4) is 10.4 Å². The average Bonchev–Trinajstić information content (AvgIpc) is 3.16. The first-order valence-electron chi connectivity index (χ1n) is 6.57. The van der Waals surface area contributed by atoms with E-state index in [1.165, 1.54) is 20.9 Å². The molecule has 1 N–H and O–H groups in total. The predicted octanol–water partition coefficient (Wildman–Crippen LogP) is 4.72. The summed E-state index contributed by atoms with van der Waals surface area (Å²) in [5, 5.41) is 7.92. The molecule has 0 spiro atoms. The van der Waals surface area contributed by atoms with Gasteiger partial charge in [0.2, 0.25) is 0 Å². The average molecular weight is 300 g/mol.